The van der Waals surface area contributed by atoms with E-state index < -0.39 is 0 Å². The van der Waals surface area contributed by atoms with Crippen LogP contribution < -0.4 is 20.1 Å². The number of rotatable bonds is 10. The lowest BCUT2D eigenvalue weighted by molar-refractivity contribution is -0.130. The molecule has 1 aromatic carbocycles. The molecule has 1 heterocycles. The molecule has 1 amide bonds. The van der Waals surface area contributed by atoms with Gasteiger partial charge in [0.25, 0.3) is 0 Å². The number of carbonyl (C=O) groups excluding carboxylic acids is 1. The molecule has 0 aromatic heterocycles. The molecule has 1 saturated heterocycles. The van der Waals surface area contributed by atoms with E-state index in [0.29, 0.717) is 18.9 Å². The normalized spacial score (nSPS) is 16.2. The van der Waals surface area contributed by atoms with E-state index in [9.17, 15) is 4.79 Å². The Labute approximate surface area is 174 Å². The van der Waals surface area contributed by atoms with Gasteiger partial charge in [-0.1, -0.05) is 18.6 Å². The number of methoxy groups -OCH3 is 1. The average molecular weight is 405 g/mol. The zero-order valence-corrected chi connectivity index (χ0v) is 18.1. The number of hydrogen-bond donors (Lipinski definition) is 2. The summed E-state index contributed by atoms with van der Waals surface area (Å²) in [6.07, 6.45) is 4.82. The van der Waals surface area contributed by atoms with Crippen LogP contribution in [0.1, 0.15) is 46.0 Å². The highest BCUT2D eigenvalue weighted by Gasteiger charge is 2.15. The van der Waals surface area contributed by atoms with E-state index >= 15 is 0 Å². The molecule has 0 aliphatic carbocycles. The third-order valence-corrected chi connectivity index (χ3v) is 4.82. The Hall–Kier alpha value is -2.44. The van der Waals surface area contributed by atoms with Crippen molar-refractivity contribution in [2.24, 2.45) is 4.99 Å². The van der Waals surface area contributed by atoms with E-state index in [1.165, 1.54) is 0 Å². The van der Waals surface area contributed by atoms with Crippen LogP contribution in [-0.4, -0.2) is 62.7 Å². The van der Waals surface area contributed by atoms with Gasteiger partial charge in [0.05, 0.1) is 13.7 Å². The summed E-state index contributed by atoms with van der Waals surface area (Å²) in [5.41, 5.74) is 0. The molecule has 29 heavy (non-hydrogen) atoms. The maximum atomic E-state index is 12.1. The molecule has 2 N–H and O–H groups in total. The SMILES string of the molecule is CCNC(=NCC(C)Oc1ccccc1OC)NCCCN1CCCCCC1=O. The van der Waals surface area contributed by atoms with Gasteiger partial charge in [-0.2, -0.15) is 0 Å². The monoisotopic (exact) mass is 404 g/mol. The highest BCUT2D eigenvalue weighted by atomic mass is 16.5. The largest absolute Gasteiger partial charge is 0.493 e. The zero-order chi connectivity index (χ0) is 20.9. The van der Waals surface area contributed by atoms with Crippen molar-refractivity contribution in [2.45, 2.75) is 52.1 Å². The summed E-state index contributed by atoms with van der Waals surface area (Å²) in [7, 11) is 1.64. The number of aliphatic imine (C=N–C) groups is 1. The van der Waals surface area contributed by atoms with E-state index in [1.807, 2.05) is 43.0 Å². The Morgan fingerprint density at radius 3 is 2.76 bits per heavy atom. The van der Waals surface area contributed by atoms with Crippen LogP contribution in [0.5, 0.6) is 11.5 Å². The minimum absolute atomic E-state index is 0.0866. The Morgan fingerprint density at radius 1 is 1.21 bits per heavy atom. The smallest absolute Gasteiger partial charge is 0.222 e. The molecule has 0 radical (unpaired) electrons. The van der Waals surface area contributed by atoms with Crippen molar-refractivity contribution in [2.75, 3.05) is 39.8 Å². The molecule has 1 unspecified atom stereocenters. The molecular weight excluding hydrogens is 368 g/mol. The molecule has 7 nitrogen and oxygen atoms in total. The number of nitrogens with zero attached hydrogens (tertiary/aromatic N) is 2. The molecule has 2 rings (SSSR count). The predicted molar refractivity (Wildman–Crippen MR) is 117 cm³/mol. The van der Waals surface area contributed by atoms with Crippen LogP contribution in [0.25, 0.3) is 0 Å². The second-order valence-corrected chi connectivity index (χ2v) is 7.27. The van der Waals surface area contributed by atoms with E-state index in [1.54, 1.807) is 7.11 Å². The fraction of sp³-hybridized carbons (Fsp3) is 0.636. The fourth-order valence-corrected chi connectivity index (χ4v) is 3.28. The third-order valence-electron chi connectivity index (χ3n) is 4.82. The minimum atomic E-state index is -0.0866. The number of para-hydroxylation sites is 2. The second kappa shape index (κ2) is 12.9. The van der Waals surface area contributed by atoms with Crippen LogP contribution in [-0.2, 0) is 4.79 Å². The van der Waals surface area contributed by atoms with Crippen LogP contribution in [0.2, 0.25) is 0 Å². The molecule has 1 fully saturated rings. The van der Waals surface area contributed by atoms with Gasteiger partial charge in [0.1, 0.15) is 6.10 Å². The van der Waals surface area contributed by atoms with Gasteiger partial charge in [0, 0.05) is 32.6 Å². The molecule has 1 aliphatic rings. The van der Waals surface area contributed by atoms with Gasteiger partial charge in [0.15, 0.2) is 17.5 Å². The lowest BCUT2D eigenvalue weighted by Gasteiger charge is -2.21. The van der Waals surface area contributed by atoms with E-state index in [2.05, 4.69) is 15.6 Å². The van der Waals surface area contributed by atoms with Gasteiger partial charge in [-0.05, 0) is 45.2 Å². The van der Waals surface area contributed by atoms with Crippen molar-refractivity contribution in [1.82, 2.24) is 15.5 Å². The van der Waals surface area contributed by atoms with Crippen LogP contribution in [0.3, 0.4) is 0 Å². The van der Waals surface area contributed by atoms with E-state index in [-0.39, 0.29) is 6.10 Å². The molecular formula is C22H36N4O3. The highest BCUT2D eigenvalue weighted by molar-refractivity contribution is 5.79. The number of guanidine groups is 1. The number of ether oxygens (including phenoxy) is 2. The quantitative estimate of drug-likeness (QED) is 0.356. The van der Waals surface area contributed by atoms with Crippen molar-refractivity contribution in [1.29, 1.82) is 0 Å². The van der Waals surface area contributed by atoms with E-state index in [0.717, 1.165) is 69.3 Å². The van der Waals surface area contributed by atoms with Crippen LogP contribution in [0.4, 0.5) is 0 Å². The molecule has 0 bridgehead atoms. The summed E-state index contributed by atoms with van der Waals surface area (Å²) in [6.45, 7) is 7.82. The molecule has 162 valence electrons. The molecule has 0 saturated carbocycles. The second-order valence-electron chi connectivity index (χ2n) is 7.27. The van der Waals surface area contributed by atoms with Gasteiger partial charge >= 0.3 is 0 Å². The Balaban J connectivity index is 1.77. The lowest BCUT2D eigenvalue weighted by Crippen LogP contribution is -2.40. The van der Waals surface area contributed by atoms with Crippen LogP contribution >= 0.6 is 0 Å². The summed E-state index contributed by atoms with van der Waals surface area (Å²) in [5.74, 6) is 2.50. The molecule has 7 heteroatoms. The van der Waals surface area contributed by atoms with Gasteiger partial charge < -0.3 is 25.0 Å². The topological polar surface area (TPSA) is 75.2 Å². The zero-order valence-electron chi connectivity index (χ0n) is 18.1. The summed E-state index contributed by atoms with van der Waals surface area (Å²) >= 11 is 0. The predicted octanol–water partition coefficient (Wildman–Crippen LogP) is 2.81. The first-order valence-corrected chi connectivity index (χ1v) is 10.7. The summed E-state index contributed by atoms with van der Waals surface area (Å²) in [6, 6.07) is 7.62. The number of carbonyl (C=O) groups is 1. The van der Waals surface area contributed by atoms with Crippen molar-refractivity contribution in [3.05, 3.63) is 24.3 Å². The van der Waals surface area contributed by atoms with Crippen LogP contribution in [0.15, 0.2) is 29.3 Å². The molecule has 1 atom stereocenters. The number of hydrogen-bond acceptors (Lipinski definition) is 4. The first kappa shape index (κ1) is 22.8. The van der Waals surface area contributed by atoms with Crippen molar-refractivity contribution < 1.29 is 14.3 Å². The summed E-state index contributed by atoms with van der Waals surface area (Å²) < 4.78 is 11.3. The number of amides is 1. The van der Waals surface area contributed by atoms with Crippen molar-refractivity contribution in [3.8, 4) is 11.5 Å². The fourth-order valence-electron chi connectivity index (χ4n) is 3.28. The Bertz CT molecular complexity index is 651. The number of benzene rings is 1. The lowest BCUT2D eigenvalue weighted by atomic mass is 10.2. The molecule has 1 aromatic rings. The Kier molecular flexibility index (Phi) is 10.2. The summed E-state index contributed by atoms with van der Waals surface area (Å²) in [5, 5.41) is 6.61. The third kappa shape index (κ3) is 8.21. The van der Waals surface area contributed by atoms with Gasteiger partial charge in [-0.15, -0.1) is 0 Å². The van der Waals surface area contributed by atoms with E-state index in [4.69, 9.17) is 9.47 Å². The Morgan fingerprint density at radius 2 is 2.00 bits per heavy atom. The standard InChI is InChI=1S/C22H36N4O3/c1-4-23-22(24-14-10-16-26-15-9-5-6-13-21(26)27)25-17-18(2)29-20-12-8-7-11-19(20)28-3/h7-8,11-12,18H,4-6,9-10,13-17H2,1-3H3,(H2,23,24,25). The minimum Gasteiger partial charge on any atom is -0.493 e. The van der Waals surface area contributed by atoms with Crippen LogP contribution in [0, 0.1) is 0 Å². The van der Waals surface area contributed by atoms with Gasteiger partial charge in [0.2, 0.25) is 5.91 Å². The van der Waals surface area contributed by atoms with Crippen molar-refractivity contribution >= 4 is 11.9 Å². The van der Waals surface area contributed by atoms with Gasteiger partial charge in [-0.25, -0.2) is 4.99 Å². The molecule has 1 aliphatic heterocycles. The first-order valence-electron chi connectivity index (χ1n) is 10.7. The number of nitrogens with one attached hydrogen (secondary N) is 2. The average Bonchev–Trinajstić information content (AvgIpc) is 2.93. The maximum Gasteiger partial charge on any atom is 0.222 e. The van der Waals surface area contributed by atoms with Gasteiger partial charge in [-0.3, -0.25) is 4.79 Å². The summed E-state index contributed by atoms with van der Waals surface area (Å²) in [4.78, 5) is 18.7. The first-order chi connectivity index (χ1) is 14.1. The molecule has 0 spiro atoms. The van der Waals surface area contributed by atoms with Crippen molar-refractivity contribution in [3.63, 3.8) is 0 Å². The maximum absolute atomic E-state index is 12.1. The highest BCUT2D eigenvalue weighted by Crippen LogP contribution is 2.26. The number of likely N-dealkylation sites (tertiary alicyclic amines) is 1.